The van der Waals surface area contributed by atoms with Gasteiger partial charge in [-0.2, -0.15) is 0 Å². The molecule has 0 bridgehead atoms. The number of phenolic OH excluding ortho intramolecular Hbond substituents is 2. The van der Waals surface area contributed by atoms with Gasteiger partial charge in [-0.05, 0) is 6.08 Å². The highest BCUT2D eigenvalue weighted by atomic mass is 16.5. The fraction of sp³-hybridized carbons (Fsp3) is 0.100. The number of aldehydes is 1. The summed E-state index contributed by atoms with van der Waals surface area (Å²) in [5.74, 6) is -0.441. The third kappa shape index (κ3) is 1.21. The molecule has 72 valence electrons. The molecule has 2 N–H and O–H groups in total. The lowest BCUT2D eigenvalue weighted by atomic mass is 9.97. The Bertz CT molecular complexity index is 409. The molecule has 1 unspecified atom stereocenters. The molecule has 4 heteroatoms. The number of carbonyl (C=O) groups is 1. The van der Waals surface area contributed by atoms with E-state index in [9.17, 15) is 15.0 Å². The lowest BCUT2D eigenvalue weighted by molar-refractivity contribution is -0.108. The van der Waals surface area contributed by atoms with E-state index in [1.165, 1.54) is 24.5 Å². The number of fused-ring (bicyclic) bond motifs is 1. The van der Waals surface area contributed by atoms with Gasteiger partial charge >= 0.3 is 0 Å². The molecule has 1 atom stereocenters. The minimum Gasteiger partial charge on any atom is -0.508 e. The molecule has 1 aliphatic rings. The number of allylic oxidation sites excluding steroid dienone is 1. The Morgan fingerprint density at radius 3 is 2.86 bits per heavy atom. The van der Waals surface area contributed by atoms with Crippen LogP contribution in [0, 0.1) is 0 Å². The maximum absolute atomic E-state index is 10.7. The van der Waals surface area contributed by atoms with Gasteiger partial charge in [-0.1, -0.05) is 0 Å². The maximum Gasteiger partial charge on any atom is 0.138 e. The molecule has 0 spiro atoms. The summed E-state index contributed by atoms with van der Waals surface area (Å²) in [7, 11) is 0. The predicted octanol–water partition coefficient (Wildman–Crippen LogP) is 1.29. The van der Waals surface area contributed by atoms with E-state index in [4.69, 9.17) is 4.74 Å². The van der Waals surface area contributed by atoms with Crippen LogP contribution < -0.4 is 4.74 Å². The topological polar surface area (TPSA) is 66.8 Å². The quantitative estimate of drug-likeness (QED) is 0.658. The van der Waals surface area contributed by atoms with Crippen LogP contribution in [0.25, 0.3) is 0 Å². The van der Waals surface area contributed by atoms with Crippen LogP contribution in [0.3, 0.4) is 0 Å². The molecular weight excluding hydrogens is 184 g/mol. The highest BCUT2D eigenvalue weighted by molar-refractivity contribution is 5.71. The number of rotatable bonds is 1. The lowest BCUT2D eigenvalue weighted by Crippen LogP contribution is -2.05. The third-order valence-electron chi connectivity index (χ3n) is 2.07. The number of hydrogen-bond acceptors (Lipinski definition) is 4. The van der Waals surface area contributed by atoms with Crippen molar-refractivity contribution in [1.82, 2.24) is 0 Å². The molecule has 14 heavy (non-hydrogen) atoms. The summed E-state index contributed by atoms with van der Waals surface area (Å²) >= 11 is 0. The molecule has 0 aromatic heterocycles. The van der Waals surface area contributed by atoms with Gasteiger partial charge in [-0.25, -0.2) is 0 Å². The number of hydrogen-bond donors (Lipinski definition) is 2. The molecule has 0 amide bonds. The third-order valence-corrected chi connectivity index (χ3v) is 2.07. The monoisotopic (exact) mass is 192 g/mol. The van der Waals surface area contributed by atoms with E-state index in [0.29, 0.717) is 17.6 Å². The minimum absolute atomic E-state index is 0.0961. The smallest absolute Gasteiger partial charge is 0.138 e. The van der Waals surface area contributed by atoms with Crippen LogP contribution in [0.2, 0.25) is 0 Å². The summed E-state index contributed by atoms with van der Waals surface area (Å²) in [4.78, 5) is 10.7. The van der Waals surface area contributed by atoms with E-state index < -0.39 is 5.92 Å². The normalized spacial score (nSPS) is 18.4. The largest absolute Gasteiger partial charge is 0.508 e. The molecule has 0 saturated carbocycles. The van der Waals surface area contributed by atoms with Crippen LogP contribution in [0.4, 0.5) is 0 Å². The first kappa shape index (κ1) is 8.62. The fourth-order valence-corrected chi connectivity index (χ4v) is 1.44. The standard InChI is InChI=1S/C10H8O4/c11-5-6-1-2-14-9-4-7(12)3-8(13)10(6)9/h1-6,12-13H. The molecule has 1 heterocycles. The average Bonchev–Trinajstić information content (AvgIpc) is 2.16. The molecule has 0 saturated heterocycles. The van der Waals surface area contributed by atoms with Crippen LogP contribution in [-0.4, -0.2) is 16.5 Å². The second kappa shape index (κ2) is 3.06. The first-order chi connectivity index (χ1) is 6.72. The Hall–Kier alpha value is -1.97. The Morgan fingerprint density at radius 1 is 1.36 bits per heavy atom. The van der Waals surface area contributed by atoms with Crippen molar-refractivity contribution in [3.8, 4) is 17.2 Å². The molecule has 0 radical (unpaired) electrons. The zero-order chi connectivity index (χ0) is 10.1. The second-order valence-electron chi connectivity index (χ2n) is 2.98. The summed E-state index contributed by atoms with van der Waals surface area (Å²) in [6.45, 7) is 0. The van der Waals surface area contributed by atoms with E-state index in [2.05, 4.69) is 0 Å². The van der Waals surface area contributed by atoms with Crippen LogP contribution >= 0.6 is 0 Å². The second-order valence-corrected chi connectivity index (χ2v) is 2.98. The van der Waals surface area contributed by atoms with Gasteiger partial charge in [0, 0.05) is 12.1 Å². The number of carbonyl (C=O) groups excluding carboxylic acids is 1. The van der Waals surface area contributed by atoms with Crippen molar-refractivity contribution in [1.29, 1.82) is 0 Å². The molecule has 1 aromatic carbocycles. The molecule has 0 aliphatic carbocycles. The number of benzene rings is 1. The van der Waals surface area contributed by atoms with Crippen LogP contribution in [-0.2, 0) is 4.79 Å². The highest BCUT2D eigenvalue weighted by Gasteiger charge is 2.21. The van der Waals surface area contributed by atoms with Crippen molar-refractivity contribution < 1.29 is 19.7 Å². The van der Waals surface area contributed by atoms with Crippen LogP contribution in [0.1, 0.15) is 11.5 Å². The van der Waals surface area contributed by atoms with Gasteiger partial charge in [0.1, 0.15) is 23.5 Å². The Balaban J connectivity index is 2.61. The highest BCUT2D eigenvalue weighted by Crippen LogP contribution is 2.40. The van der Waals surface area contributed by atoms with Crippen molar-refractivity contribution in [3.63, 3.8) is 0 Å². The Kier molecular flexibility index (Phi) is 1.89. The van der Waals surface area contributed by atoms with E-state index in [-0.39, 0.29) is 11.5 Å². The van der Waals surface area contributed by atoms with Gasteiger partial charge in [0.05, 0.1) is 17.7 Å². The van der Waals surface area contributed by atoms with Crippen molar-refractivity contribution in [2.24, 2.45) is 0 Å². The Labute approximate surface area is 80.1 Å². The van der Waals surface area contributed by atoms with E-state index in [1.54, 1.807) is 0 Å². The van der Waals surface area contributed by atoms with Gasteiger partial charge in [0.15, 0.2) is 0 Å². The van der Waals surface area contributed by atoms with Gasteiger partial charge in [0.2, 0.25) is 0 Å². The predicted molar refractivity (Wildman–Crippen MR) is 48.3 cm³/mol. The van der Waals surface area contributed by atoms with Crippen molar-refractivity contribution >= 4 is 6.29 Å². The van der Waals surface area contributed by atoms with E-state index in [0.717, 1.165) is 0 Å². The fourth-order valence-electron chi connectivity index (χ4n) is 1.44. The van der Waals surface area contributed by atoms with Crippen molar-refractivity contribution in [2.75, 3.05) is 0 Å². The van der Waals surface area contributed by atoms with Crippen molar-refractivity contribution in [2.45, 2.75) is 5.92 Å². The lowest BCUT2D eigenvalue weighted by Gasteiger charge is -2.17. The average molecular weight is 192 g/mol. The molecule has 0 fully saturated rings. The molecule has 1 aromatic rings. The van der Waals surface area contributed by atoms with Gasteiger partial charge < -0.3 is 19.7 Å². The van der Waals surface area contributed by atoms with Crippen LogP contribution in [0.5, 0.6) is 17.2 Å². The van der Waals surface area contributed by atoms with Gasteiger partial charge in [-0.3, -0.25) is 0 Å². The summed E-state index contributed by atoms with van der Waals surface area (Å²) < 4.78 is 5.06. The number of aromatic hydroxyl groups is 2. The number of ether oxygens (including phenoxy) is 1. The molecular formula is C10H8O4. The molecule has 2 rings (SSSR count). The van der Waals surface area contributed by atoms with Gasteiger partial charge in [-0.15, -0.1) is 0 Å². The molecule has 1 aliphatic heterocycles. The minimum atomic E-state index is -0.514. The van der Waals surface area contributed by atoms with Gasteiger partial charge in [0.25, 0.3) is 0 Å². The van der Waals surface area contributed by atoms with E-state index in [1.807, 2.05) is 0 Å². The Morgan fingerprint density at radius 2 is 2.14 bits per heavy atom. The SMILES string of the molecule is O=CC1C=COc2cc(O)cc(O)c21. The molecule has 4 nitrogen and oxygen atoms in total. The van der Waals surface area contributed by atoms with Crippen molar-refractivity contribution in [3.05, 3.63) is 30.0 Å². The van der Waals surface area contributed by atoms with Crippen LogP contribution in [0.15, 0.2) is 24.5 Å². The first-order valence-electron chi connectivity index (χ1n) is 4.07. The number of phenols is 2. The summed E-state index contributed by atoms with van der Waals surface area (Å²) in [6, 6.07) is 2.53. The zero-order valence-corrected chi connectivity index (χ0v) is 7.18. The summed E-state index contributed by atoms with van der Waals surface area (Å²) in [5.41, 5.74) is 0.389. The first-order valence-corrected chi connectivity index (χ1v) is 4.07. The zero-order valence-electron chi connectivity index (χ0n) is 7.18. The summed E-state index contributed by atoms with van der Waals surface area (Å²) in [6.07, 6.45) is 3.60. The summed E-state index contributed by atoms with van der Waals surface area (Å²) in [5, 5.41) is 18.7. The maximum atomic E-state index is 10.7. The van der Waals surface area contributed by atoms with E-state index >= 15 is 0 Å².